The minimum atomic E-state index is -4.29. The van der Waals surface area contributed by atoms with Gasteiger partial charge in [0.15, 0.2) is 0 Å². The van der Waals surface area contributed by atoms with Crippen molar-refractivity contribution < 1.29 is 27.5 Å². The summed E-state index contributed by atoms with van der Waals surface area (Å²) in [4.78, 5) is 32.3. The van der Waals surface area contributed by atoms with Crippen molar-refractivity contribution in [1.29, 1.82) is 0 Å². The molecule has 0 bridgehead atoms. The van der Waals surface area contributed by atoms with Gasteiger partial charge in [0.25, 0.3) is 5.91 Å². The van der Waals surface area contributed by atoms with Crippen LogP contribution in [0.25, 0.3) is 0 Å². The van der Waals surface area contributed by atoms with Gasteiger partial charge in [-0.1, -0.05) is 19.9 Å². The minimum absolute atomic E-state index is 0.0706. The normalized spacial score (nSPS) is 12.4. The molecule has 1 unspecified atom stereocenters. The summed E-state index contributed by atoms with van der Waals surface area (Å²) in [6, 6.07) is 5.62. The van der Waals surface area contributed by atoms with E-state index in [1.807, 2.05) is 0 Å². The molecule has 1 atom stereocenters. The molecule has 2 aromatic rings. The molecule has 2 amide bonds. The molecule has 0 fully saturated rings. The fraction of sp³-hybridized carbons (Fsp3) is 0.400. The fourth-order valence-electron chi connectivity index (χ4n) is 2.28. The third-order valence-electron chi connectivity index (χ3n) is 4.04. The highest BCUT2D eigenvalue weighted by molar-refractivity contribution is 5.97. The summed E-state index contributed by atoms with van der Waals surface area (Å²) in [5.74, 6) is -0.470. The highest BCUT2D eigenvalue weighted by Crippen LogP contribution is 2.20. The van der Waals surface area contributed by atoms with Gasteiger partial charge in [-0.3, -0.25) is 9.59 Å². The molecule has 0 aliphatic carbocycles. The highest BCUT2D eigenvalue weighted by atomic mass is 19.4. The maximum absolute atomic E-state index is 12.5. The first-order valence-corrected chi connectivity index (χ1v) is 9.28. The van der Waals surface area contributed by atoms with E-state index in [1.165, 1.54) is 30.6 Å². The zero-order valence-electron chi connectivity index (χ0n) is 16.8. The van der Waals surface area contributed by atoms with Crippen molar-refractivity contribution in [3.63, 3.8) is 0 Å². The number of rotatable bonds is 8. The lowest BCUT2D eigenvalue weighted by Crippen LogP contribution is -2.27. The van der Waals surface area contributed by atoms with E-state index in [9.17, 15) is 22.8 Å². The molecule has 2 heterocycles. The van der Waals surface area contributed by atoms with Crippen molar-refractivity contribution in [3.8, 4) is 5.88 Å². The lowest BCUT2D eigenvalue weighted by Gasteiger charge is -2.15. The number of halogens is 3. The lowest BCUT2D eigenvalue weighted by atomic mass is 10.1. The Morgan fingerprint density at radius 3 is 2.47 bits per heavy atom. The third-order valence-corrected chi connectivity index (χ3v) is 4.04. The van der Waals surface area contributed by atoms with Gasteiger partial charge in [0.1, 0.15) is 5.82 Å². The number of carbonyl (C=O) groups is 2. The average Bonchev–Trinajstić information content (AvgIpc) is 2.67. The Bertz CT molecular complexity index is 870. The van der Waals surface area contributed by atoms with Gasteiger partial charge in [0, 0.05) is 29.9 Å². The Morgan fingerprint density at radius 2 is 1.87 bits per heavy atom. The monoisotopic (exact) mass is 424 g/mol. The number of nitrogens with one attached hydrogen (secondary N) is 2. The topological polar surface area (TPSA) is 93.2 Å². The van der Waals surface area contributed by atoms with E-state index in [0.29, 0.717) is 11.1 Å². The van der Waals surface area contributed by atoms with Crippen LogP contribution in [-0.2, 0) is 4.79 Å². The third kappa shape index (κ3) is 7.34. The van der Waals surface area contributed by atoms with Crippen molar-refractivity contribution in [3.05, 3.63) is 47.8 Å². The van der Waals surface area contributed by atoms with Crippen LogP contribution in [-0.4, -0.2) is 34.6 Å². The molecule has 0 aromatic carbocycles. The number of nitrogens with zero attached hydrogens (tertiary/aromatic N) is 2. The first-order chi connectivity index (χ1) is 14.0. The first-order valence-electron chi connectivity index (χ1n) is 9.28. The van der Waals surface area contributed by atoms with E-state index in [4.69, 9.17) is 4.74 Å². The summed E-state index contributed by atoms with van der Waals surface area (Å²) in [5.41, 5.74) is 0.963. The summed E-state index contributed by atoms with van der Waals surface area (Å²) in [5, 5.41) is 5.42. The van der Waals surface area contributed by atoms with E-state index in [0.717, 1.165) is 0 Å². The van der Waals surface area contributed by atoms with E-state index < -0.39 is 25.2 Å². The van der Waals surface area contributed by atoms with Gasteiger partial charge in [-0.25, -0.2) is 9.97 Å². The second kappa shape index (κ2) is 10.0. The van der Waals surface area contributed by atoms with Crippen LogP contribution in [0.3, 0.4) is 0 Å². The van der Waals surface area contributed by atoms with Crippen molar-refractivity contribution in [2.45, 2.75) is 39.4 Å². The largest absolute Gasteiger partial charge is 0.477 e. The molecule has 0 spiro atoms. The van der Waals surface area contributed by atoms with Crippen LogP contribution in [0.5, 0.6) is 5.88 Å². The number of anilines is 1. The Hall–Kier alpha value is -3.17. The maximum Gasteiger partial charge on any atom is 0.392 e. The molecule has 10 heteroatoms. The Kier molecular flexibility index (Phi) is 7.73. The number of pyridine rings is 2. The summed E-state index contributed by atoms with van der Waals surface area (Å²) in [7, 11) is 0. The van der Waals surface area contributed by atoms with Crippen LogP contribution in [0, 0.1) is 5.92 Å². The van der Waals surface area contributed by atoms with E-state index in [2.05, 4.69) is 20.6 Å². The molecule has 2 rings (SSSR count). The Balaban J connectivity index is 1.94. The summed E-state index contributed by atoms with van der Waals surface area (Å²) >= 11 is 0. The number of alkyl halides is 3. The smallest absolute Gasteiger partial charge is 0.392 e. The van der Waals surface area contributed by atoms with Crippen LogP contribution in [0.15, 0.2) is 36.7 Å². The highest BCUT2D eigenvalue weighted by Gasteiger charge is 2.26. The van der Waals surface area contributed by atoms with Crippen LogP contribution < -0.4 is 15.4 Å². The molecule has 162 valence electrons. The number of amides is 2. The molecule has 0 saturated carbocycles. The van der Waals surface area contributed by atoms with Crippen molar-refractivity contribution in [1.82, 2.24) is 15.3 Å². The predicted octanol–water partition coefficient (Wildman–Crippen LogP) is 3.89. The predicted molar refractivity (Wildman–Crippen MR) is 104 cm³/mol. The molecule has 0 aliphatic rings. The van der Waals surface area contributed by atoms with E-state index >= 15 is 0 Å². The quantitative estimate of drug-likeness (QED) is 0.671. The fourth-order valence-corrected chi connectivity index (χ4v) is 2.28. The Morgan fingerprint density at radius 1 is 1.13 bits per heavy atom. The summed E-state index contributed by atoms with van der Waals surface area (Å²) in [6.45, 7) is 4.71. The van der Waals surface area contributed by atoms with Crippen LogP contribution in [0.4, 0.5) is 19.0 Å². The molecule has 7 nitrogen and oxygen atoms in total. The Labute approximate surface area is 172 Å². The zero-order chi connectivity index (χ0) is 22.3. The van der Waals surface area contributed by atoms with Crippen molar-refractivity contribution in [2.75, 3.05) is 11.9 Å². The summed E-state index contributed by atoms with van der Waals surface area (Å²) < 4.78 is 41.4. The molecule has 0 saturated heterocycles. The molecule has 30 heavy (non-hydrogen) atoms. The zero-order valence-corrected chi connectivity index (χ0v) is 16.8. The van der Waals surface area contributed by atoms with Gasteiger partial charge in [0.05, 0.1) is 19.1 Å². The summed E-state index contributed by atoms with van der Waals surface area (Å²) in [6.07, 6.45) is -2.50. The number of hydrogen-bond acceptors (Lipinski definition) is 5. The number of ether oxygens (including phenoxy) is 1. The van der Waals surface area contributed by atoms with Gasteiger partial charge >= 0.3 is 6.18 Å². The number of carbonyl (C=O) groups excluding carboxylic acids is 2. The average molecular weight is 424 g/mol. The molecule has 2 aromatic heterocycles. The number of aromatic nitrogens is 2. The number of hydrogen-bond donors (Lipinski definition) is 2. The van der Waals surface area contributed by atoms with Gasteiger partial charge in [-0.05, 0) is 24.6 Å². The molecule has 0 aliphatic heterocycles. The van der Waals surface area contributed by atoms with Crippen molar-refractivity contribution >= 4 is 17.6 Å². The SMILES string of the molecule is CC(C)C(=O)Nc1cc(C(=O)NC(C)c2ccc(OCCC(F)(F)F)nc2)ccn1. The van der Waals surface area contributed by atoms with Gasteiger partial charge in [-0.15, -0.1) is 0 Å². The first kappa shape index (κ1) is 23.1. The molecular weight excluding hydrogens is 401 g/mol. The van der Waals surface area contributed by atoms with Crippen LogP contribution >= 0.6 is 0 Å². The van der Waals surface area contributed by atoms with E-state index in [1.54, 1.807) is 26.8 Å². The molecule has 0 radical (unpaired) electrons. The lowest BCUT2D eigenvalue weighted by molar-refractivity contribution is -0.139. The second-order valence-corrected chi connectivity index (χ2v) is 6.91. The van der Waals surface area contributed by atoms with Crippen molar-refractivity contribution in [2.24, 2.45) is 5.92 Å². The van der Waals surface area contributed by atoms with Crippen LogP contribution in [0.2, 0.25) is 0 Å². The maximum atomic E-state index is 12.5. The van der Waals surface area contributed by atoms with E-state index in [-0.39, 0.29) is 29.4 Å². The van der Waals surface area contributed by atoms with Gasteiger partial charge in [0.2, 0.25) is 11.8 Å². The van der Waals surface area contributed by atoms with Gasteiger partial charge in [-0.2, -0.15) is 13.2 Å². The van der Waals surface area contributed by atoms with Gasteiger partial charge < -0.3 is 15.4 Å². The molecule has 2 N–H and O–H groups in total. The minimum Gasteiger partial charge on any atom is -0.477 e. The van der Waals surface area contributed by atoms with Crippen LogP contribution in [0.1, 0.15) is 49.2 Å². The second-order valence-electron chi connectivity index (χ2n) is 6.91. The standard InChI is InChI=1S/C20H23F3N4O3/c1-12(2)18(28)27-16-10-14(6-8-24-16)19(29)26-13(3)15-4-5-17(25-11-15)30-9-7-20(21,22)23/h4-6,8,10-13H,7,9H2,1-3H3,(H,26,29)(H,24,27,28). The molecular formula is C20H23F3N4O3.